The molecule has 0 radical (unpaired) electrons. The van der Waals surface area contributed by atoms with Gasteiger partial charge in [0.05, 0.1) is 35.6 Å². The number of ether oxygens (including phenoxy) is 1. The Morgan fingerprint density at radius 1 is 1.37 bits per heavy atom. The Bertz CT molecular complexity index is 696. The van der Waals surface area contributed by atoms with Crippen LogP contribution >= 0.6 is 0 Å². The minimum atomic E-state index is -0.842. The second-order valence-corrected chi connectivity index (χ2v) is 5.05. The number of aromatic amines is 2. The van der Waals surface area contributed by atoms with Gasteiger partial charge in [-0.25, -0.2) is 4.79 Å². The number of hydrogen-bond acceptors (Lipinski definition) is 3. The number of aliphatic carboxylic acids is 1. The summed E-state index contributed by atoms with van der Waals surface area (Å²) in [5.74, 6) is -1.38. The van der Waals surface area contributed by atoms with Gasteiger partial charge in [-0.05, 0) is 17.7 Å². The zero-order valence-corrected chi connectivity index (χ0v) is 10.4. The Labute approximate surface area is 108 Å². The molecule has 1 aliphatic rings. The molecule has 0 amide bonds. The third-order valence-corrected chi connectivity index (χ3v) is 4.01. The zero-order chi connectivity index (χ0) is 13.6. The number of imidazole rings is 1. The van der Waals surface area contributed by atoms with E-state index in [-0.39, 0.29) is 5.69 Å². The van der Waals surface area contributed by atoms with Gasteiger partial charge in [-0.3, -0.25) is 4.79 Å². The van der Waals surface area contributed by atoms with Crippen molar-refractivity contribution < 1.29 is 14.6 Å². The SMILES string of the molecule is CC(C(=O)O)C1(c2ccc3[nH]c(=O)[nH]c3c2)COC1. The summed E-state index contributed by atoms with van der Waals surface area (Å²) in [5.41, 5.74) is 1.51. The first-order valence-corrected chi connectivity index (χ1v) is 6.06. The van der Waals surface area contributed by atoms with Crippen LogP contribution in [0.3, 0.4) is 0 Å². The molecule has 100 valence electrons. The van der Waals surface area contributed by atoms with Gasteiger partial charge in [-0.2, -0.15) is 0 Å². The maximum absolute atomic E-state index is 11.3. The van der Waals surface area contributed by atoms with Crippen LogP contribution < -0.4 is 5.69 Å². The number of carbonyl (C=O) groups is 1. The Morgan fingerprint density at radius 2 is 2.05 bits per heavy atom. The average molecular weight is 262 g/mol. The van der Waals surface area contributed by atoms with Gasteiger partial charge in [-0.15, -0.1) is 0 Å². The highest BCUT2D eigenvalue weighted by atomic mass is 16.5. The van der Waals surface area contributed by atoms with E-state index in [0.717, 1.165) is 5.56 Å². The number of carboxylic acids is 1. The molecular formula is C13H14N2O4. The number of hydrogen-bond donors (Lipinski definition) is 3. The molecule has 1 atom stereocenters. The van der Waals surface area contributed by atoms with Crippen molar-refractivity contribution >= 4 is 17.0 Å². The molecule has 1 aromatic carbocycles. The predicted molar refractivity (Wildman–Crippen MR) is 68.2 cm³/mol. The molecule has 0 bridgehead atoms. The normalized spacial score (nSPS) is 19.0. The van der Waals surface area contributed by atoms with Gasteiger partial charge < -0.3 is 19.8 Å². The van der Waals surface area contributed by atoms with Crippen LogP contribution in [0.25, 0.3) is 11.0 Å². The molecule has 0 spiro atoms. The standard InChI is InChI=1S/C13H14N2O4/c1-7(11(16)17)13(5-19-6-13)8-2-3-9-10(4-8)15-12(18)14-9/h2-4,7H,5-6H2,1H3,(H,16,17)(H2,14,15,18). The minimum absolute atomic E-state index is 0.266. The van der Waals surface area contributed by atoms with Crippen LogP contribution in [0.1, 0.15) is 12.5 Å². The molecule has 2 heterocycles. The van der Waals surface area contributed by atoms with E-state index < -0.39 is 17.3 Å². The number of fused-ring (bicyclic) bond motifs is 1. The number of nitrogens with one attached hydrogen (secondary N) is 2. The first kappa shape index (κ1) is 12.0. The fourth-order valence-electron chi connectivity index (χ4n) is 2.57. The number of aromatic nitrogens is 2. The van der Waals surface area contributed by atoms with Crippen LogP contribution in [0.5, 0.6) is 0 Å². The zero-order valence-electron chi connectivity index (χ0n) is 10.4. The molecule has 3 N–H and O–H groups in total. The maximum Gasteiger partial charge on any atom is 0.323 e. The van der Waals surface area contributed by atoms with Crippen LogP contribution in [0, 0.1) is 5.92 Å². The quantitative estimate of drug-likeness (QED) is 0.764. The van der Waals surface area contributed by atoms with Crippen molar-refractivity contribution in [1.29, 1.82) is 0 Å². The molecule has 6 heteroatoms. The highest BCUT2D eigenvalue weighted by Crippen LogP contribution is 2.40. The summed E-state index contributed by atoms with van der Waals surface area (Å²) in [6.07, 6.45) is 0. The summed E-state index contributed by atoms with van der Waals surface area (Å²) < 4.78 is 5.24. The van der Waals surface area contributed by atoms with E-state index in [1.807, 2.05) is 12.1 Å². The van der Waals surface area contributed by atoms with Crippen LogP contribution in [0.15, 0.2) is 23.0 Å². The highest BCUT2D eigenvalue weighted by molar-refractivity contribution is 5.77. The van der Waals surface area contributed by atoms with Crippen LogP contribution in [-0.4, -0.2) is 34.3 Å². The van der Waals surface area contributed by atoms with Crippen LogP contribution in [-0.2, 0) is 14.9 Å². The number of carboxylic acid groups (broad SMARTS) is 1. The van der Waals surface area contributed by atoms with E-state index in [0.29, 0.717) is 24.2 Å². The fourth-order valence-corrected chi connectivity index (χ4v) is 2.57. The number of benzene rings is 1. The van der Waals surface area contributed by atoms with E-state index in [4.69, 9.17) is 4.74 Å². The molecule has 1 saturated heterocycles. The summed E-state index contributed by atoms with van der Waals surface area (Å²) in [6.45, 7) is 2.47. The lowest BCUT2D eigenvalue weighted by atomic mass is 9.69. The van der Waals surface area contributed by atoms with Gasteiger partial charge in [0.15, 0.2) is 0 Å². The topological polar surface area (TPSA) is 95.2 Å². The third kappa shape index (κ3) is 1.67. The maximum atomic E-state index is 11.3. The van der Waals surface area contributed by atoms with E-state index >= 15 is 0 Å². The molecule has 2 aromatic rings. The molecular weight excluding hydrogens is 248 g/mol. The molecule has 19 heavy (non-hydrogen) atoms. The summed E-state index contributed by atoms with van der Waals surface area (Å²) in [6, 6.07) is 5.47. The molecule has 1 aliphatic heterocycles. The van der Waals surface area contributed by atoms with Gasteiger partial charge in [0.2, 0.25) is 0 Å². The second kappa shape index (κ2) is 3.96. The van der Waals surface area contributed by atoms with Gasteiger partial charge in [0, 0.05) is 0 Å². The van der Waals surface area contributed by atoms with Crippen molar-refractivity contribution in [2.75, 3.05) is 13.2 Å². The van der Waals surface area contributed by atoms with Crippen molar-refractivity contribution in [3.05, 3.63) is 34.2 Å². The van der Waals surface area contributed by atoms with Gasteiger partial charge in [0.1, 0.15) is 0 Å². The monoisotopic (exact) mass is 262 g/mol. The number of H-pyrrole nitrogens is 2. The Balaban J connectivity index is 2.11. The van der Waals surface area contributed by atoms with Crippen LogP contribution in [0.4, 0.5) is 0 Å². The van der Waals surface area contributed by atoms with Crippen LogP contribution in [0.2, 0.25) is 0 Å². The first-order chi connectivity index (χ1) is 9.03. The summed E-state index contributed by atoms with van der Waals surface area (Å²) in [7, 11) is 0. The Kier molecular flexibility index (Phi) is 2.50. The lowest BCUT2D eigenvalue weighted by molar-refractivity contribution is -0.155. The van der Waals surface area contributed by atoms with E-state index in [2.05, 4.69) is 9.97 Å². The predicted octanol–water partition coefficient (Wildman–Crippen LogP) is 0.845. The van der Waals surface area contributed by atoms with E-state index in [9.17, 15) is 14.7 Å². The second-order valence-electron chi connectivity index (χ2n) is 5.05. The Morgan fingerprint density at radius 3 is 2.63 bits per heavy atom. The molecule has 6 nitrogen and oxygen atoms in total. The minimum Gasteiger partial charge on any atom is -0.481 e. The molecule has 0 aliphatic carbocycles. The lowest BCUT2D eigenvalue weighted by Crippen LogP contribution is -2.53. The molecule has 1 unspecified atom stereocenters. The lowest BCUT2D eigenvalue weighted by Gasteiger charge is -2.44. The highest BCUT2D eigenvalue weighted by Gasteiger charge is 2.48. The summed E-state index contributed by atoms with van der Waals surface area (Å²) in [5, 5.41) is 9.24. The van der Waals surface area contributed by atoms with Crippen molar-refractivity contribution in [2.45, 2.75) is 12.3 Å². The molecule has 1 aromatic heterocycles. The molecule has 0 saturated carbocycles. The number of rotatable bonds is 3. The third-order valence-electron chi connectivity index (χ3n) is 4.01. The molecule has 1 fully saturated rings. The first-order valence-electron chi connectivity index (χ1n) is 6.06. The van der Waals surface area contributed by atoms with E-state index in [1.54, 1.807) is 13.0 Å². The summed E-state index contributed by atoms with van der Waals surface area (Å²) in [4.78, 5) is 27.9. The average Bonchev–Trinajstić information content (AvgIpc) is 2.66. The van der Waals surface area contributed by atoms with Crippen molar-refractivity contribution in [2.24, 2.45) is 5.92 Å². The van der Waals surface area contributed by atoms with Crippen molar-refractivity contribution in [3.63, 3.8) is 0 Å². The Hall–Kier alpha value is -2.08. The van der Waals surface area contributed by atoms with Crippen molar-refractivity contribution in [1.82, 2.24) is 9.97 Å². The molecule has 3 rings (SSSR count). The van der Waals surface area contributed by atoms with Gasteiger partial charge >= 0.3 is 11.7 Å². The van der Waals surface area contributed by atoms with Gasteiger partial charge in [0.25, 0.3) is 0 Å². The largest absolute Gasteiger partial charge is 0.481 e. The van der Waals surface area contributed by atoms with Crippen molar-refractivity contribution in [3.8, 4) is 0 Å². The van der Waals surface area contributed by atoms with E-state index in [1.165, 1.54) is 0 Å². The summed E-state index contributed by atoms with van der Waals surface area (Å²) >= 11 is 0. The van der Waals surface area contributed by atoms with Gasteiger partial charge in [-0.1, -0.05) is 13.0 Å². The smallest absolute Gasteiger partial charge is 0.323 e. The fraction of sp³-hybridized carbons (Fsp3) is 0.385.